The zero-order valence-electron chi connectivity index (χ0n) is 23.5. The minimum Gasteiger partial charge on any atom is -0.463 e. The second-order valence-corrected chi connectivity index (χ2v) is 10.4. The fourth-order valence-corrected chi connectivity index (χ4v) is 4.69. The van der Waals surface area contributed by atoms with Gasteiger partial charge in [0.25, 0.3) is 0 Å². The van der Waals surface area contributed by atoms with Crippen molar-refractivity contribution in [3.05, 3.63) is 23.8 Å². The van der Waals surface area contributed by atoms with Crippen LogP contribution in [-0.2, 0) is 52.4 Å². The number of hydrogen-bond acceptors (Lipinski definition) is 12. The third-order valence-electron chi connectivity index (χ3n) is 6.53. The summed E-state index contributed by atoms with van der Waals surface area (Å²) in [6.45, 7) is 11.0. The summed E-state index contributed by atoms with van der Waals surface area (Å²) in [5.41, 5.74) is -1.77. The van der Waals surface area contributed by atoms with Gasteiger partial charge in [0, 0.05) is 39.5 Å². The van der Waals surface area contributed by atoms with Crippen LogP contribution in [-0.4, -0.2) is 83.8 Å². The number of carbonyl (C=O) groups is 5. The van der Waals surface area contributed by atoms with E-state index in [1.54, 1.807) is 33.8 Å². The van der Waals surface area contributed by atoms with Crippen molar-refractivity contribution in [2.45, 2.75) is 104 Å². The van der Waals surface area contributed by atoms with E-state index in [1.807, 2.05) is 0 Å². The minimum absolute atomic E-state index is 0.0858. The summed E-state index contributed by atoms with van der Waals surface area (Å²) >= 11 is 0. The molecular weight excluding hydrogens is 516 g/mol. The van der Waals surface area contributed by atoms with Gasteiger partial charge in [0.2, 0.25) is 0 Å². The van der Waals surface area contributed by atoms with Crippen molar-refractivity contribution in [1.29, 1.82) is 0 Å². The summed E-state index contributed by atoms with van der Waals surface area (Å²) in [5.74, 6) is -2.97. The maximum absolute atomic E-state index is 12.0. The van der Waals surface area contributed by atoms with Crippen molar-refractivity contribution in [2.24, 2.45) is 5.41 Å². The molecule has 0 radical (unpaired) electrons. The Balaban J connectivity index is 2.42. The third kappa shape index (κ3) is 8.20. The summed E-state index contributed by atoms with van der Waals surface area (Å²) < 4.78 is 33.1. The lowest BCUT2D eigenvalue weighted by Gasteiger charge is -2.45. The van der Waals surface area contributed by atoms with Crippen LogP contribution in [0.5, 0.6) is 0 Å². The number of rotatable bonds is 9. The Morgan fingerprint density at radius 1 is 1.00 bits per heavy atom. The Bertz CT molecular complexity index is 1030. The Morgan fingerprint density at radius 2 is 1.54 bits per heavy atom. The number of carbonyl (C=O) groups excluding carboxylic acids is 5. The van der Waals surface area contributed by atoms with Crippen molar-refractivity contribution >= 4 is 29.7 Å². The fraction of sp³-hybridized carbons (Fsp3) is 0.667. The van der Waals surface area contributed by atoms with E-state index in [2.05, 4.69) is 0 Å². The lowest BCUT2D eigenvalue weighted by atomic mass is 9.64. The highest BCUT2D eigenvalue weighted by Crippen LogP contribution is 2.44. The largest absolute Gasteiger partial charge is 0.463 e. The molecule has 1 N–H and O–H groups in total. The van der Waals surface area contributed by atoms with E-state index >= 15 is 0 Å². The molecule has 12 heteroatoms. The summed E-state index contributed by atoms with van der Waals surface area (Å²) in [7, 11) is 0. The van der Waals surface area contributed by atoms with Gasteiger partial charge in [-0.1, -0.05) is 19.9 Å². The zero-order valence-corrected chi connectivity index (χ0v) is 23.5. The van der Waals surface area contributed by atoms with Crippen LogP contribution in [0.15, 0.2) is 23.8 Å². The number of esters is 4. The van der Waals surface area contributed by atoms with E-state index in [0.717, 1.165) is 20.8 Å². The third-order valence-corrected chi connectivity index (χ3v) is 6.53. The maximum Gasteiger partial charge on any atom is 0.303 e. The van der Waals surface area contributed by atoms with E-state index in [0.29, 0.717) is 5.57 Å². The number of hydrogen-bond donors (Lipinski definition) is 1. The standard InChI is InChI=1S/C27H38O12/c1-14-11-20(32)12-26(7,8)27(14,33)10-9-15(2)35-25-24(38-19(6)31)23(37-18(5)30)22(36-17(4)29)21(39-25)13-34-16(3)28/h9-11,15,21-25,33H,12-13H2,1-8H3. The Labute approximate surface area is 227 Å². The Kier molecular flexibility index (Phi) is 10.6. The number of aliphatic hydroxyl groups is 1. The van der Waals surface area contributed by atoms with E-state index in [-0.39, 0.29) is 18.8 Å². The highest BCUT2D eigenvalue weighted by molar-refractivity contribution is 5.92. The molecule has 39 heavy (non-hydrogen) atoms. The van der Waals surface area contributed by atoms with Gasteiger partial charge >= 0.3 is 23.9 Å². The van der Waals surface area contributed by atoms with Gasteiger partial charge in [0.1, 0.15) is 18.3 Å². The maximum atomic E-state index is 12.0. The smallest absolute Gasteiger partial charge is 0.303 e. The number of ketones is 1. The van der Waals surface area contributed by atoms with Crippen LogP contribution in [0.1, 0.15) is 61.8 Å². The molecule has 0 saturated carbocycles. The Morgan fingerprint density at radius 3 is 2.05 bits per heavy atom. The molecule has 0 amide bonds. The first kappa shape index (κ1) is 32.1. The van der Waals surface area contributed by atoms with Crippen LogP contribution < -0.4 is 0 Å². The molecule has 7 atom stereocenters. The monoisotopic (exact) mass is 554 g/mol. The van der Waals surface area contributed by atoms with E-state index in [4.69, 9.17) is 28.4 Å². The highest BCUT2D eigenvalue weighted by atomic mass is 16.7. The van der Waals surface area contributed by atoms with E-state index in [9.17, 15) is 29.1 Å². The topological polar surface area (TPSA) is 161 Å². The van der Waals surface area contributed by atoms with Gasteiger partial charge in [-0.05, 0) is 31.6 Å². The highest BCUT2D eigenvalue weighted by Gasteiger charge is 2.53. The fourth-order valence-electron chi connectivity index (χ4n) is 4.69. The number of ether oxygens (including phenoxy) is 6. The molecule has 0 aromatic carbocycles. The molecule has 0 spiro atoms. The van der Waals surface area contributed by atoms with Gasteiger partial charge in [-0.2, -0.15) is 0 Å². The molecule has 0 aromatic rings. The molecule has 1 saturated heterocycles. The van der Waals surface area contributed by atoms with Crippen LogP contribution in [0.25, 0.3) is 0 Å². The van der Waals surface area contributed by atoms with Crippen molar-refractivity contribution in [1.82, 2.24) is 0 Å². The molecular formula is C27H38O12. The van der Waals surface area contributed by atoms with Gasteiger partial charge in [-0.3, -0.25) is 24.0 Å². The quantitative estimate of drug-likeness (QED) is 0.250. The van der Waals surface area contributed by atoms with Crippen molar-refractivity contribution < 1.29 is 57.5 Å². The summed E-state index contributed by atoms with van der Waals surface area (Å²) in [6, 6.07) is 0. The lowest BCUT2D eigenvalue weighted by molar-refractivity contribution is -0.312. The molecule has 0 aromatic heterocycles. The van der Waals surface area contributed by atoms with Crippen LogP contribution in [0.2, 0.25) is 0 Å². The van der Waals surface area contributed by atoms with Gasteiger partial charge in [-0.15, -0.1) is 0 Å². The molecule has 0 bridgehead atoms. The normalized spacial score (nSPS) is 31.2. The van der Waals surface area contributed by atoms with Crippen LogP contribution >= 0.6 is 0 Å². The van der Waals surface area contributed by atoms with Gasteiger partial charge in [-0.25, -0.2) is 0 Å². The molecule has 2 aliphatic rings. The molecule has 1 heterocycles. The van der Waals surface area contributed by atoms with E-state index < -0.39 is 71.7 Å². The second-order valence-electron chi connectivity index (χ2n) is 10.4. The SMILES string of the molecule is CC(=O)OCC1OC(OC(C)C=CC2(O)C(C)=CC(=O)CC2(C)C)C(OC(C)=O)C(OC(C)=O)C1OC(C)=O. The molecule has 7 unspecified atom stereocenters. The molecule has 12 nitrogen and oxygen atoms in total. The lowest BCUT2D eigenvalue weighted by Crippen LogP contribution is -2.63. The van der Waals surface area contributed by atoms with Gasteiger partial charge in [0.15, 0.2) is 30.4 Å². The first-order valence-electron chi connectivity index (χ1n) is 12.6. The summed E-state index contributed by atoms with van der Waals surface area (Å²) in [5, 5.41) is 11.4. The van der Waals surface area contributed by atoms with Crippen LogP contribution in [0, 0.1) is 5.41 Å². The summed E-state index contributed by atoms with van der Waals surface area (Å²) in [4.78, 5) is 59.3. The van der Waals surface area contributed by atoms with Gasteiger partial charge in [0.05, 0.1) is 6.10 Å². The van der Waals surface area contributed by atoms with Crippen LogP contribution in [0.4, 0.5) is 0 Å². The van der Waals surface area contributed by atoms with Crippen molar-refractivity contribution in [2.75, 3.05) is 6.61 Å². The van der Waals surface area contributed by atoms with Crippen molar-refractivity contribution in [3.63, 3.8) is 0 Å². The molecule has 1 aliphatic carbocycles. The van der Waals surface area contributed by atoms with Gasteiger partial charge < -0.3 is 33.5 Å². The average Bonchev–Trinajstić information content (AvgIpc) is 2.77. The molecule has 1 aliphatic heterocycles. The molecule has 2 rings (SSSR count). The first-order chi connectivity index (χ1) is 18.0. The summed E-state index contributed by atoms with van der Waals surface area (Å²) in [6.07, 6.45) is -2.67. The Hall–Kier alpha value is -3.09. The second kappa shape index (κ2) is 12.8. The van der Waals surface area contributed by atoms with E-state index in [1.165, 1.54) is 19.1 Å². The minimum atomic E-state index is -1.44. The van der Waals surface area contributed by atoms with Crippen molar-refractivity contribution in [3.8, 4) is 0 Å². The predicted molar refractivity (Wildman–Crippen MR) is 134 cm³/mol. The zero-order chi connectivity index (χ0) is 29.7. The first-order valence-corrected chi connectivity index (χ1v) is 12.6. The van der Waals surface area contributed by atoms with Crippen LogP contribution in [0.3, 0.4) is 0 Å². The molecule has 1 fully saturated rings. The predicted octanol–water partition coefficient (Wildman–Crippen LogP) is 1.71. The molecule has 218 valence electrons. The number of allylic oxidation sites excluding steroid dienone is 1. The average molecular weight is 555 g/mol.